The first-order valence-electron chi connectivity index (χ1n) is 3.38. The maximum Gasteiger partial charge on any atom is 0.336 e. The average molecular weight is 512 g/mol. The van der Waals surface area contributed by atoms with Crippen molar-refractivity contribution in [1.82, 2.24) is 0 Å². The van der Waals surface area contributed by atoms with E-state index in [2.05, 4.69) is 31.9 Å². The second kappa shape index (κ2) is 8.27. The fraction of sp³-hybridized carbons (Fsp3) is 0.125. The number of aliphatic hydroxyl groups excluding tert-OH is 1. The molecule has 0 saturated carbocycles. The molecule has 0 aliphatic heterocycles. The molecule has 0 unspecified atom stereocenters. The van der Waals surface area contributed by atoms with E-state index in [9.17, 15) is 4.79 Å². The Hall–Kier alpha value is 0.0983. The molecule has 0 atom stereocenters. The number of halogens is 2. The third-order valence-corrected chi connectivity index (χ3v) is 2.56. The molecular formula is C8H8Br2O4W. The predicted octanol–water partition coefficient (Wildman–Crippen LogP) is 2.22. The number of aromatic carboxylic acids is 1. The smallest absolute Gasteiger partial charge is 0.336 e. The molecule has 1 aromatic rings. The maximum absolute atomic E-state index is 10.6. The van der Waals surface area contributed by atoms with Crippen LogP contribution >= 0.6 is 31.9 Å². The molecule has 4 nitrogen and oxygen atoms in total. The molecular weight excluding hydrogens is 504 g/mol. The molecule has 7 heteroatoms. The fourth-order valence-corrected chi connectivity index (χ4v) is 1.54. The van der Waals surface area contributed by atoms with Crippen LogP contribution in [0.1, 0.15) is 10.4 Å². The first-order chi connectivity index (χ1) is 6.52. The van der Waals surface area contributed by atoms with E-state index >= 15 is 0 Å². The Morgan fingerprint density at radius 1 is 1.20 bits per heavy atom. The zero-order valence-corrected chi connectivity index (χ0v) is 13.7. The van der Waals surface area contributed by atoms with Gasteiger partial charge in [-0.05, 0) is 44.0 Å². The number of benzene rings is 1. The van der Waals surface area contributed by atoms with Gasteiger partial charge in [-0.15, -0.1) is 0 Å². The van der Waals surface area contributed by atoms with Crippen LogP contribution < -0.4 is 0 Å². The third kappa shape index (κ3) is 5.11. The Bertz CT molecular complexity index is 344. The molecule has 1 rings (SSSR count). The van der Waals surface area contributed by atoms with E-state index < -0.39 is 5.97 Å². The first-order valence-corrected chi connectivity index (χ1v) is 4.97. The second-order valence-electron chi connectivity index (χ2n) is 2.09. The summed E-state index contributed by atoms with van der Waals surface area (Å²) in [6, 6.07) is 2.66. The molecule has 0 aliphatic rings. The third-order valence-electron chi connectivity index (χ3n) is 1.27. The molecule has 84 valence electrons. The summed E-state index contributed by atoms with van der Waals surface area (Å²) in [5.41, 5.74) is 0.111. The van der Waals surface area contributed by atoms with Crippen molar-refractivity contribution in [3.63, 3.8) is 0 Å². The average Bonchev–Trinajstić information content (AvgIpc) is 2.14. The van der Waals surface area contributed by atoms with Crippen molar-refractivity contribution in [3.05, 3.63) is 26.6 Å². The summed E-state index contributed by atoms with van der Waals surface area (Å²) in [6.45, 7) is 0. The quantitative estimate of drug-likeness (QED) is 0.540. The molecule has 0 fully saturated rings. The van der Waals surface area contributed by atoms with Gasteiger partial charge in [0.2, 0.25) is 0 Å². The van der Waals surface area contributed by atoms with Crippen molar-refractivity contribution in [2.75, 3.05) is 7.11 Å². The second-order valence-corrected chi connectivity index (χ2v) is 3.80. The van der Waals surface area contributed by atoms with Crippen molar-refractivity contribution in [3.8, 4) is 5.75 Å². The fourth-order valence-electron chi connectivity index (χ4n) is 0.700. The van der Waals surface area contributed by atoms with Crippen LogP contribution in [0.2, 0.25) is 0 Å². The molecule has 0 heterocycles. The number of hydrogen-bond acceptors (Lipinski definition) is 3. The van der Waals surface area contributed by atoms with Gasteiger partial charge in [-0.1, -0.05) is 0 Å². The largest absolute Gasteiger partial charge is 0.507 e. The number of phenols is 1. The Labute approximate surface area is 118 Å². The normalized spacial score (nSPS) is 8.27. The first kappa shape index (κ1) is 17.5. The van der Waals surface area contributed by atoms with E-state index in [0.717, 1.165) is 7.11 Å². The van der Waals surface area contributed by atoms with E-state index in [-0.39, 0.29) is 32.4 Å². The Balaban J connectivity index is 0. The molecule has 0 aromatic heterocycles. The summed E-state index contributed by atoms with van der Waals surface area (Å²) in [6.07, 6.45) is 0. The predicted molar refractivity (Wildman–Crippen MR) is 58.6 cm³/mol. The molecule has 0 bridgehead atoms. The molecule has 1 aromatic carbocycles. The number of hydrogen-bond donors (Lipinski definition) is 3. The Morgan fingerprint density at radius 2 is 1.67 bits per heavy atom. The zero-order chi connectivity index (χ0) is 11.3. The van der Waals surface area contributed by atoms with Gasteiger partial charge in [-0.2, -0.15) is 0 Å². The summed E-state index contributed by atoms with van der Waals surface area (Å²) >= 11 is 6.03. The van der Waals surface area contributed by atoms with Gasteiger partial charge in [0, 0.05) is 32.6 Å². The summed E-state index contributed by atoms with van der Waals surface area (Å²) in [7, 11) is 1.00. The molecule has 0 spiro atoms. The number of carboxylic acid groups (broad SMARTS) is 1. The van der Waals surface area contributed by atoms with Crippen LogP contribution in [0.25, 0.3) is 0 Å². The van der Waals surface area contributed by atoms with E-state index in [1.807, 2.05) is 0 Å². The number of aromatic hydroxyl groups is 1. The number of rotatable bonds is 1. The van der Waals surface area contributed by atoms with E-state index in [1.54, 1.807) is 0 Å². The van der Waals surface area contributed by atoms with Gasteiger partial charge in [-0.3, -0.25) is 0 Å². The van der Waals surface area contributed by atoms with Crippen molar-refractivity contribution in [2.45, 2.75) is 0 Å². The van der Waals surface area contributed by atoms with Gasteiger partial charge in [-0.25, -0.2) is 4.79 Å². The molecule has 15 heavy (non-hydrogen) atoms. The minimum absolute atomic E-state index is 0. The number of carboxylic acids is 1. The zero-order valence-electron chi connectivity index (χ0n) is 7.57. The Morgan fingerprint density at radius 3 is 2.07 bits per heavy atom. The van der Waals surface area contributed by atoms with Crippen molar-refractivity contribution in [1.29, 1.82) is 0 Å². The van der Waals surface area contributed by atoms with Crippen molar-refractivity contribution in [2.24, 2.45) is 0 Å². The summed E-state index contributed by atoms with van der Waals surface area (Å²) in [5.74, 6) is -1.03. The van der Waals surface area contributed by atoms with Gasteiger partial charge in [0.15, 0.2) is 0 Å². The van der Waals surface area contributed by atoms with Crippen molar-refractivity contribution >= 4 is 37.8 Å². The van der Waals surface area contributed by atoms with Gasteiger partial charge in [0.05, 0.1) is 10.0 Å². The molecule has 0 amide bonds. The topological polar surface area (TPSA) is 77.8 Å². The summed E-state index contributed by atoms with van der Waals surface area (Å²) in [5, 5.41) is 24.8. The van der Waals surface area contributed by atoms with Crippen LogP contribution in [-0.4, -0.2) is 28.4 Å². The van der Waals surface area contributed by atoms with Gasteiger partial charge in [0.1, 0.15) is 5.75 Å². The number of aliphatic hydroxyl groups is 1. The monoisotopic (exact) mass is 510 g/mol. The van der Waals surface area contributed by atoms with Crippen LogP contribution in [0.15, 0.2) is 21.1 Å². The van der Waals surface area contributed by atoms with Crippen LogP contribution in [0, 0.1) is 0 Å². The minimum Gasteiger partial charge on any atom is -0.507 e. The van der Waals surface area contributed by atoms with Gasteiger partial charge < -0.3 is 15.3 Å². The van der Waals surface area contributed by atoms with Gasteiger partial charge in [0.25, 0.3) is 0 Å². The molecule has 3 N–H and O–H groups in total. The number of phenolic OH excluding ortho intramolecular Hbond substituents is 1. The van der Waals surface area contributed by atoms with E-state index in [4.69, 9.17) is 15.3 Å². The van der Waals surface area contributed by atoms with Crippen molar-refractivity contribution < 1.29 is 41.2 Å². The van der Waals surface area contributed by atoms with Gasteiger partial charge >= 0.3 is 5.97 Å². The standard InChI is InChI=1S/C7H4Br2O3.CH4O.W/c8-4-2-6(10)5(9)1-3(4)7(11)12;1-2;/h1-2,10H,(H,11,12);2H,1H3;. The van der Waals surface area contributed by atoms with E-state index in [0.29, 0.717) is 8.95 Å². The van der Waals surface area contributed by atoms with Crippen LogP contribution in [0.4, 0.5) is 0 Å². The summed E-state index contributed by atoms with van der Waals surface area (Å²) in [4.78, 5) is 10.6. The minimum atomic E-state index is -1.04. The van der Waals surface area contributed by atoms with E-state index in [1.165, 1.54) is 12.1 Å². The van der Waals surface area contributed by atoms with Crippen LogP contribution in [0.5, 0.6) is 5.75 Å². The van der Waals surface area contributed by atoms with Crippen LogP contribution in [0.3, 0.4) is 0 Å². The summed E-state index contributed by atoms with van der Waals surface area (Å²) < 4.78 is 0.721. The van der Waals surface area contributed by atoms with Crippen LogP contribution in [-0.2, 0) is 21.1 Å². The molecule has 0 radical (unpaired) electrons. The number of carbonyl (C=O) groups is 1. The molecule has 0 aliphatic carbocycles. The Kier molecular flexibility index (Phi) is 9.65. The maximum atomic E-state index is 10.6. The molecule has 0 saturated heterocycles. The SMILES string of the molecule is CO.O=C(O)c1cc(Br)c(O)cc1Br.[W].